The van der Waals surface area contributed by atoms with Crippen molar-refractivity contribution in [2.24, 2.45) is 5.92 Å². The second-order valence-corrected chi connectivity index (χ2v) is 9.81. The molecule has 0 bridgehead atoms. The zero-order valence-corrected chi connectivity index (χ0v) is 19.9. The van der Waals surface area contributed by atoms with Crippen LogP contribution in [0.15, 0.2) is 48.5 Å². The van der Waals surface area contributed by atoms with Crippen molar-refractivity contribution >= 4 is 17.4 Å². The largest absolute Gasteiger partial charge is 0.399 e. The molecule has 1 aromatic heterocycles. The highest BCUT2D eigenvalue weighted by molar-refractivity contribution is 5.90. The van der Waals surface area contributed by atoms with Crippen LogP contribution in [-0.2, 0) is 30.5 Å². The van der Waals surface area contributed by atoms with Gasteiger partial charge < -0.3 is 11.1 Å². The molecular weight excluding hydrogens is 420 g/mol. The topological polar surface area (TPSA) is 80.9 Å². The van der Waals surface area contributed by atoms with E-state index >= 15 is 0 Å². The normalized spacial score (nSPS) is 15.4. The Bertz CT molecular complexity index is 1150. The number of anilines is 2. The molecule has 1 saturated carbocycles. The first-order valence-electron chi connectivity index (χ1n) is 12.8. The van der Waals surface area contributed by atoms with Gasteiger partial charge in [0.1, 0.15) is 0 Å². The van der Waals surface area contributed by atoms with Gasteiger partial charge in [-0.1, -0.05) is 68.5 Å². The lowest BCUT2D eigenvalue weighted by Crippen LogP contribution is -2.19. The monoisotopic (exact) mass is 454 g/mol. The van der Waals surface area contributed by atoms with E-state index in [4.69, 9.17) is 15.7 Å². The Labute approximate surface area is 202 Å². The quantitative estimate of drug-likeness (QED) is 0.435. The Morgan fingerprint density at radius 1 is 0.971 bits per heavy atom. The van der Waals surface area contributed by atoms with Crippen LogP contribution in [0.1, 0.15) is 67.5 Å². The number of nitrogens with one attached hydrogen (secondary N) is 1. The van der Waals surface area contributed by atoms with Crippen LogP contribution in [0, 0.1) is 5.92 Å². The Morgan fingerprint density at radius 2 is 1.79 bits per heavy atom. The van der Waals surface area contributed by atoms with E-state index in [9.17, 15) is 4.79 Å². The number of hydrogen-bond acceptors (Lipinski definition) is 4. The number of fused-ring (bicyclic) bond motifs is 3. The number of nitrogens with zero attached hydrogens (tertiary/aromatic N) is 2. The maximum atomic E-state index is 12.9. The van der Waals surface area contributed by atoms with Crippen LogP contribution in [0.4, 0.5) is 11.5 Å². The van der Waals surface area contributed by atoms with Crippen LogP contribution in [0.5, 0.6) is 0 Å². The number of nitrogens with two attached hydrogens (primary N) is 1. The van der Waals surface area contributed by atoms with Crippen LogP contribution < -0.4 is 11.1 Å². The minimum absolute atomic E-state index is 0.000928. The van der Waals surface area contributed by atoms with E-state index in [0.717, 1.165) is 66.4 Å². The van der Waals surface area contributed by atoms with Crippen LogP contribution in [0.2, 0.25) is 0 Å². The van der Waals surface area contributed by atoms with Gasteiger partial charge in [0.15, 0.2) is 5.82 Å². The number of aryl methyl sites for hydroxylation is 4. The van der Waals surface area contributed by atoms with E-state index in [1.54, 1.807) is 0 Å². The molecule has 5 heteroatoms. The second kappa shape index (κ2) is 10.4. The molecule has 0 spiro atoms. The van der Waals surface area contributed by atoms with E-state index in [1.165, 1.54) is 43.2 Å². The van der Waals surface area contributed by atoms with Crippen molar-refractivity contribution in [1.82, 2.24) is 9.97 Å². The molecule has 5 nitrogen and oxygen atoms in total. The third kappa shape index (κ3) is 5.30. The summed E-state index contributed by atoms with van der Waals surface area (Å²) < 4.78 is 0. The van der Waals surface area contributed by atoms with Crippen LogP contribution in [0.25, 0.3) is 11.3 Å². The summed E-state index contributed by atoms with van der Waals surface area (Å²) >= 11 is 0. The summed E-state index contributed by atoms with van der Waals surface area (Å²) in [5.74, 6) is 1.41. The number of amides is 1. The van der Waals surface area contributed by atoms with Crippen molar-refractivity contribution in [2.75, 3.05) is 11.1 Å². The highest BCUT2D eigenvalue weighted by Crippen LogP contribution is 2.35. The molecule has 1 amide bonds. The zero-order valence-electron chi connectivity index (χ0n) is 19.9. The summed E-state index contributed by atoms with van der Waals surface area (Å²) in [4.78, 5) is 22.9. The summed E-state index contributed by atoms with van der Waals surface area (Å²) in [6, 6.07) is 16.2. The molecule has 2 aliphatic carbocycles. The molecule has 3 aromatic rings. The molecule has 0 radical (unpaired) electrons. The van der Waals surface area contributed by atoms with Crippen molar-refractivity contribution in [1.29, 1.82) is 0 Å². The minimum Gasteiger partial charge on any atom is -0.399 e. The molecule has 0 saturated heterocycles. The molecule has 0 aliphatic heterocycles. The standard InChI is InChI=1S/C29H34N4O/c30-23-14-15-24-22(19-23)13-17-25-28(24)31-26(16-11-20-7-3-1-4-8-20)29(32-25)33-27(34)18-12-21-9-5-2-6-10-21/h2,5-6,9-10,14-15,19-20H,1,3-4,7-8,11-13,16-18,30H2,(H,32,33,34). The third-order valence-corrected chi connectivity index (χ3v) is 7.31. The van der Waals surface area contributed by atoms with Crippen LogP contribution >= 0.6 is 0 Å². The molecule has 34 heavy (non-hydrogen) atoms. The number of carbonyl (C=O) groups excluding carboxylic acids is 1. The first kappa shape index (κ1) is 22.6. The molecular formula is C29H34N4O. The lowest BCUT2D eigenvalue weighted by molar-refractivity contribution is -0.116. The molecule has 2 aliphatic rings. The summed E-state index contributed by atoms with van der Waals surface area (Å²) in [5.41, 5.74) is 13.2. The van der Waals surface area contributed by atoms with Gasteiger partial charge in [0.05, 0.1) is 17.1 Å². The second-order valence-electron chi connectivity index (χ2n) is 9.81. The fourth-order valence-electron chi connectivity index (χ4n) is 5.39. The fourth-order valence-corrected chi connectivity index (χ4v) is 5.39. The first-order chi connectivity index (χ1) is 16.7. The number of aromatic nitrogens is 2. The lowest BCUT2D eigenvalue weighted by atomic mass is 9.85. The molecule has 2 aromatic carbocycles. The molecule has 5 rings (SSSR count). The van der Waals surface area contributed by atoms with Gasteiger partial charge in [-0.05, 0) is 61.3 Å². The third-order valence-electron chi connectivity index (χ3n) is 7.31. The smallest absolute Gasteiger partial charge is 0.225 e. The summed E-state index contributed by atoms with van der Waals surface area (Å²) in [6.07, 6.45) is 11.5. The van der Waals surface area contributed by atoms with Crippen molar-refractivity contribution < 1.29 is 4.79 Å². The molecule has 0 unspecified atom stereocenters. The molecule has 1 heterocycles. The molecule has 3 N–H and O–H groups in total. The predicted molar refractivity (Wildman–Crippen MR) is 138 cm³/mol. The van der Waals surface area contributed by atoms with Crippen molar-refractivity contribution in [3.63, 3.8) is 0 Å². The van der Waals surface area contributed by atoms with Crippen molar-refractivity contribution in [2.45, 2.75) is 70.6 Å². The van der Waals surface area contributed by atoms with Gasteiger partial charge in [0, 0.05) is 17.7 Å². The van der Waals surface area contributed by atoms with Crippen LogP contribution in [-0.4, -0.2) is 15.9 Å². The highest BCUT2D eigenvalue weighted by Gasteiger charge is 2.23. The number of nitrogen functional groups attached to an aromatic ring is 1. The van der Waals surface area contributed by atoms with Crippen molar-refractivity contribution in [3.05, 3.63) is 71.0 Å². The predicted octanol–water partition coefficient (Wildman–Crippen LogP) is 5.91. The SMILES string of the molecule is Nc1ccc2c(c1)CCc1nc(NC(=O)CCc3ccccc3)c(CCC3CCCCC3)nc1-2. The van der Waals surface area contributed by atoms with Gasteiger partial charge in [-0.25, -0.2) is 9.97 Å². The van der Waals surface area contributed by atoms with Crippen molar-refractivity contribution in [3.8, 4) is 11.3 Å². The number of carbonyl (C=O) groups is 1. The zero-order chi connectivity index (χ0) is 23.3. The van der Waals surface area contributed by atoms with Gasteiger partial charge in [0.25, 0.3) is 0 Å². The Hall–Kier alpha value is -3.21. The first-order valence-corrected chi connectivity index (χ1v) is 12.8. The Kier molecular flexibility index (Phi) is 6.89. The fraction of sp³-hybridized carbons (Fsp3) is 0.414. The van der Waals surface area contributed by atoms with E-state index in [-0.39, 0.29) is 5.91 Å². The van der Waals surface area contributed by atoms with Gasteiger partial charge in [-0.15, -0.1) is 0 Å². The highest BCUT2D eigenvalue weighted by atomic mass is 16.1. The number of benzene rings is 2. The number of rotatable bonds is 7. The van der Waals surface area contributed by atoms with Gasteiger partial charge in [-0.3, -0.25) is 4.79 Å². The Balaban J connectivity index is 1.38. The van der Waals surface area contributed by atoms with Gasteiger partial charge >= 0.3 is 0 Å². The van der Waals surface area contributed by atoms with Gasteiger partial charge in [0.2, 0.25) is 5.91 Å². The minimum atomic E-state index is 0.000928. The molecule has 176 valence electrons. The maximum absolute atomic E-state index is 12.9. The van der Waals surface area contributed by atoms with E-state index in [2.05, 4.69) is 29.6 Å². The number of hydrogen-bond donors (Lipinski definition) is 2. The summed E-state index contributed by atoms with van der Waals surface area (Å²) in [5, 5.41) is 3.12. The van der Waals surface area contributed by atoms with Crippen LogP contribution in [0.3, 0.4) is 0 Å². The average molecular weight is 455 g/mol. The Morgan fingerprint density at radius 3 is 2.62 bits per heavy atom. The maximum Gasteiger partial charge on any atom is 0.225 e. The lowest BCUT2D eigenvalue weighted by Gasteiger charge is -2.23. The van der Waals surface area contributed by atoms with E-state index < -0.39 is 0 Å². The molecule has 0 atom stereocenters. The summed E-state index contributed by atoms with van der Waals surface area (Å²) in [6.45, 7) is 0. The van der Waals surface area contributed by atoms with E-state index in [0.29, 0.717) is 12.2 Å². The summed E-state index contributed by atoms with van der Waals surface area (Å²) in [7, 11) is 0. The van der Waals surface area contributed by atoms with Gasteiger partial charge in [-0.2, -0.15) is 0 Å². The average Bonchev–Trinajstić information content (AvgIpc) is 2.87. The van der Waals surface area contributed by atoms with E-state index in [1.807, 2.05) is 24.3 Å². The molecule has 1 fully saturated rings.